The standard InChI is InChI=1S/C8H12F3NO3/c1-3-15-7(14)5(2)6(13)12-4-8(9,10)11/h5H,3-4H2,1-2H3,(H,12,13). The van der Waals surface area contributed by atoms with Crippen molar-refractivity contribution in [2.45, 2.75) is 20.0 Å². The lowest BCUT2D eigenvalue weighted by Gasteiger charge is -2.12. The molecule has 1 amide bonds. The number of carbonyl (C=O) groups excluding carboxylic acids is 2. The highest BCUT2D eigenvalue weighted by molar-refractivity contribution is 5.97. The van der Waals surface area contributed by atoms with Crippen LogP contribution in [0.25, 0.3) is 0 Å². The first-order valence-electron chi connectivity index (χ1n) is 4.29. The third-order valence-corrected chi connectivity index (χ3v) is 1.50. The minimum absolute atomic E-state index is 0.0791. The van der Waals surface area contributed by atoms with Gasteiger partial charge in [0.15, 0.2) is 0 Å². The van der Waals surface area contributed by atoms with Crippen molar-refractivity contribution in [2.24, 2.45) is 5.92 Å². The average molecular weight is 227 g/mol. The average Bonchev–Trinajstić information content (AvgIpc) is 2.12. The summed E-state index contributed by atoms with van der Waals surface area (Å²) in [5.41, 5.74) is 0. The van der Waals surface area contributed by atoms with Gasteiger partial charge in [-0.1, -0.05) is 0 Å². The zero-order valence-electron chi connectivity index (χ0n) is 8.35. The highest BCUT2D eigenvalue weighted by atomic mass is 19.4. The normalized spacial score (nSPS) is 13.1. The molecule has 0 spiro atoms. The molecule has 1 unspecified atom stereocenters. The number of halogens is 3. The highest BCUT2D eigenvalue weighted by Gasteiger charge is 2.30. The van der Waals surface area contributed by atoms with Crippen LogP contribution < -0.4 is 5.32 Å². The summed E-state index contributed by atoms with van der Waals surface area (Å²) in [4.78, 5) is 21.9. The number of nitrogens with one attached hydrogen (secondary N) is 1. The molecule has 0 aliphatic carbocycles. The fraction of sp³-hybridized carbons (Fsp3) is 0.750. The van der Waals surface area contributed by atoms with Gasteiger partial charge in [0, 0.05) is 0 Å². The van der Waals surface area contributed by atoms with Crippen molar-refractivity contribution in [3.05, 3.63) is 0 Å². The number of ether oxygens (including phenoxy) is 1. The summed E-state index contributed by atoms with van der Waals surface area (Å²) in [5.74, 6) is -3.06. The Morgan fingerprint density at radius 3 is 2.33 bits per heavy atom. The first-order valence-corrected chi connectivity index (χ1v) is 4.29. The van der Waals surface area contributed by atoms with E-state index in [1.807, 2.05) is 0 Å². The van der Waals surface area contributed by atoms with Crippen molar-refractivity contribution in [3.63, 3.8) is 0 Å². The van der Waals surface area contributed by atoms with Gasteiger partial charge in [-0.25, -0.2) is 0 Å². The van der Waals surface area contributed by atoms with Gasteiger partial charge in [-0.05, 0) is 13.8 Å². The molecule has 0 saturated heterocycles. The SMILES string of the molecule is CCOC(=O)C(C)C(=O)NCC(F)(F)F. The van der Waals surface area contributed by atoms with E-state index in [1.165, 1.54) is 13.8 Å². The number of rotatable bonds is 4. The summed E-state index contributed by atoms with van der Waals surface area (Å²) in [6.45, 7) is 1.35. The summed E-state index contributed by atoms with van der Waals surface area (Å²) in [7, 11) is 0. The zero-order chi connectivity index (χ0) is 12.1. The van der Waals surface area contributed by atoms with E-state index in [-0.39, 0.29) is 6.61 Å². The number of hydrogen-bond donors (Lipinski definition) is 1. The monoisotopic (exact) mass is 227 g/mol. The van der Waals surface area contributed by atoms with E-state index >= 15 is 0 Å². The molecule has 0 saturated carbocycles. The Labute approximate surface area is 84.8 Å². The van der Waals surface area contributed by atoms with Crippen LogP contribution >= 0.6 is 0 Å². The van der Waals surface area contributed by atoms with E-state index in [9.17, 15) is 22.8 Å². The largest absolute Gasteiger partial charge is 0.465 e. The second-order valence-corrected chi connectivity index (χ2v) is 2.81. The van der Waals surface area contributed by atoms with Crippen molar-refractivity contribution >= 4 is 11.9 Å². The molecule has 0 aromatic rings. The van der Waals surface area contributed by atoms with Crippen molar-refractivity contribution in [1.82, 2.24) is 5.32 Å². The fourth-order valence-corrected chi connectivity index (χ4v) is 0.715. The number of hydrogen-bond acceptors (Lipinski definition) is 3. The topological polar surface area (TPSA) is 55.4 Å². The van der Waals surface area contributed by atoms with Crippen LogP contribution in [0.2, 0.25) is 0 Å². The number of carbonyl (C=O) groups is 2. The van der Waals surface area contributed by atoms with Gasteiger partial charge in [0.25, 0.3) is 0 Å². The quantitative estimate of drug-likeness (QED) is 0.572. The third-order valence-electron chi connectivity index (χ3n) is 1.50. The van der Waals surface area contributed by atoms with Gasteiger partial charge in [0.2, 0.25) is 5.91 Å². The minimum atomic E-state index is -4.48. The van der Waals surface area contributed by atoms with Crippen LogP contribution in [0.3, 0.4) is 0 Å². The zero-order valence-corrected chi connectivity index (χ0v) is 8.35. The Morgan fingerprint density at radius 2 is 1.93 bits per heavy atom. The second kappa shape index (κ2) is 5.57. The molecule has 0 aromatic carbocycles. The van der Waals surface area contributed by atoms with Crippen molar-refractivity contribution < 1.29 is 27.5 Å². The first-order chi connectivity index (χ1) is 6.78. The van der Waals surface area contributed by atoms with Gasteiger partial charge >= 0.3 is 12.1 Å². The smallest absolute Gasteiger partial charge is 0.405 e. The minimum Gasteiger partial charge on any atom is -0.465 e. The Morgan fingerprint density at radius 1 is 1.40 bits per heavy atom. The van der Waals surface area contributed by atoms with E-state index in [1.54, 1.807) is 5.32 Å². The summed E-state index contributed by atoms with van der Waals surface area (Å²) in [5, 5.41) is 1.60. The molecule has 4 nitrogen and oxygen atoms in total. The summed E-state index contributed by atoms with van der Waals surface area (Å²) < 4.78 is 39.6. The van der Waals surface area contributed by atoms with Crippen LogP contribution in [0.4, 0.5) is 13.2 Å². The molecule has 0 heterocycles. The van der Waals surface area contributed by atoms with Crippen molar-refractivity contribution in [1.29, 1.82) is 0 Å². The Kier molecular flexibility index (Phi) is 5.10. The maximum absolute atomic E-state index is 11.7. The third kappa shape index (κ3) is 5.92. The molecular formula is C8H12F3NO3. The van der Waals surface area contributed by atoms with Crippen LogP contribution in [-0.4, -0.2) is 31.2 Å². The summed E-state index contributed by atoms with van der Waals surface area (Å²) in [6.07, 6.45) is -4.48. The molecule has 88 valence electrons. The Hall–Kier alpha value is -1.27. The lowest BCUT2D eigenvalue weighted by Crippen LogP contribution is -2.39. The maximum atomic E-state index is 11.7. The first kappa shape index (κ1) is 13.7. The molecule has 0 aliphatic heterocycles. The van der Waals surface area contributed by atoms with Crippen LogP contribution in [-0.2, 0) is 14.3 Å². The van der Waals surface area contributed by atoms with Crippen LogP contribution in [0.1, 0.15) is 13.8 Å². The molecule has 0 bridgehead atoms. The molecule has 0 rings (SSSR count). The molecular weight excluding hydrogens is 215 g/mol. The van der Waals surface area contributed by atoms with E-state index in [0.29, 0.717) is 0 Å². The fourth-order valence-electron chi connectivity index (χ4n) is 0.715. The Bertz CT molecular complexity index is 240. The van der Waals surface area contributed by atoms with Gasteiger partial charge < -0.3 is 10.1 Å². The van der Waals surface area contributed by atoms with E-state index in [2.05, 4.69) is 4.74 Å². The number of alkyl halides is 3. The molecule has 1 atom stereocenters. The lowest BCUT2D eigenvalue weighted by atomic mass is 10.2. The predicted octanol–water partition coefficient (Wildman–Crippen LogP) is 0.864. The Balaban J connectivity index is 4.05. The molecule has 0 fully saturated rings. The van der Waals surface area contributed by atoms with E-state index in [4.69, 9.17) is 0 Å². The molecule has 0 aromatic heterocycles. The van der Waals surface area contributed by atoms with Crippen LogP contribution in [0, 0.1) is 5.92 Å². The molecule has 7 heteroatoms. The van der Waals surface area contributed by atoms with Crippen molar-refractivity contribution in [2.75, 3.05) is 13.2 Å². The number of amides is 1. The summed E-state index contributed by atoms with van der Waals surface area (Å²) >= 11 is 0. The van der Waals surface area contributed by atoms with Gasteiger partial charge in [-0.2, -0.15) is 13.2 Å². The van der Waals surface area contributed by atoms with Crippen LogP contribution in [0.15, 0.2) is 0 Å². The van der Waals surface area contributed by atoms with Crippen LogP contribution in [0.5, 0.6) is 0 Å². The van der Waals surface area contributed by atoms with Gasteiger partial charge in [0.05, 0.1) is 6.61 Å². The maximum Gasteiger partial charge on any atom is 0.405 e. The molecule has 0 aliphatic rings. The second-order valence-electron chi connectivity index (χ2n) is 2.81. The highest BCUT2D eigenvalue weighted by Crippen LogP contribution is 2.12. The van der Waals surface area contributed by atoms with Gasteiger partial charge in [0.1, 0.15) is 12.5 Å². The molecule has 0 radical (unpaired) electrons. The van der Waals surface area contributed by atoms with Gasteiger partial charge in [-0.3, -0.25) is 9.59 Å². The molecule has 1 N–H and O–H groups in total. The predicted molar refractivity (Wildman–Crippen MR) is 44.9 cm³/mol. The van der Waals surface area contributed by atoms with Crippen molar-refractivity contribution in [3.8, 4) is 0 Å². The number of esters is 1. The lowest BCUT2D eigenvalue weighted by molar-refractivity contribution is -0.154. The van der Waals surface area contributed by atoms with E-state index < -0.39 is 30.5 Å². The summed E-state index contributed by atoms with van der Waals surface area (Å²) in [6, 6.07) is 0. The molecule has 15 heavy (non-hydrogen) atoms. The van der Waals surface area contributed by atoms with Gasteiger partial charge in [-0.15, -0.1) is 0 Å². The van der Waals surface area contributed by atoms with E-state index in [0.717, 1.165) is 0 Å².